The van der Waals surface area contributed by atoms with Gasteiger partial charge in [-0.1, -0.05) is 12.1 Å². The molecule has 5 N–H and O–H groups in total. The molecule has 4 rings (SSSR count). The van der Waals surface area contributed by atoms with Crippen molar-refractivity contribution in [3.8, 4) is 0 Å². The third-order valence-electron chi connectivity index (χ3n) is 4.81. The third-order valence-corrected chi connectivity index (χ3v) is 4.81. The highest BCUT2D eigenvalue weighted by molar-refractivity contribution is 5.93. The first-order valence-electron chi connectivity index (χ1n) is 9.06. The Balaban J connectivity index is 1.55. The zero-order chi connectivity index (χ0) is 18.8. The van der Waals surface area contributed by atoms with Crippen LogP contribution in [0.25, 0.3) is 5.65 Å². The van der Waals surface area contributed by atoms with E-state index < -0.39 is 5.91 Å². The Kier molecular flexibility index (Phi) is 4.64. The van der Waals surface area contributed by atoms with Crippen molar-refractivity contribution in [2.45, 2.75) is 37.8 Å². The Morgan fingerprint density at radius 3 is 2.70 bits per heavy atom. The fourth-order valence-corrected chi connectivity index (χ4v) is 3.38. The molecule has 0 spiro atoms. The Labute approximate surface area is 156 Å². The zero-order valence-electron chi connectivity index (χ0n) is 14.8. The average Bonchev–Trinajstić information content (AvgIpc) is 3.07. The molecular formula is C19H22N6O2. The number of benzene rings is 1. The second-order valence-corrected chi connectivity index (χ2v) is 6.84. The lowest BCUT2D eigenvalue weighted by Gasteiger charge is -2.26. The Morgan fingerprint density at radius 1 is 1.15 bits per heavy atom. The molecule has 1 saturated carbocycles. The molecule has 1 aromatic carbocycles. The number of aliphatic hydroxyl groups is 1. The van der Waals surface area contributed by atoms with E-state index in [0.717, 1.165) is 31.5 Å². The number of nitrogens with zero attached hydrogens (tertiary/aromatic N) is 3. The number of hydrogen-bond donors (Lipinski definition) is 4. The number of anilines is 3. The summed E-state index contributed by atoms with van der Waals surface area (Å²) < 4.78 is 1.76. The third kappa shape index (κ3) is 3.85. The molecule has 1 aliphatic rings. The summed E-state index contributed by atoms with van der Waals surface area (Å²) in [5.41, 5.74) is 7.16. The molecule has 1 aliphatic carbocycles. The summed E-state index contributed by atoms with van der Waals surface area (Å²) in [6.45, 7) is 0. The van der Waals surface area contributed by atoms with Crippen molar-refractivity contribution in [3.63, 3.8) is 0 Å². The number of aliphatic hydroxyl groups excluding tert-OH is 1. The van der Waals surface area contributed by atoms with E-state index in [2.05, 4.69) is 20.7 Å². The van der Waals surface area contributed by atoms with E-state index in [-0.39, 0.29) is 6.10 Å². The van der Waals surface area contributed by atoms with E-state index in [1.54, 1.807) is 22.7 Å². The monoisotopic (exact) mass is 366 g/mol. The van der Waals surface area contributed by atoms with Crippen LogP contribution < -0.4 is 16.4 Å². The topological polar surface area (TPSA) is 118 Å². The van der Waals surface area contributed by atoms with Crippen LogP contribution in [0.15, 0.2) is 42.5 Å². The molecular weight excluding hydrogens is 344 g/mol. The van der Waals surface area contributed by atoms with Crippen molar-refractivity contribution in [1.29, 1.82) is 0 Å². The van der Waals surface area contributed by atoms with Crippen LogP contribution in [0, 0.1) is 0 Å². The minimum atomic E-state index is -0.481. The number of fused-ring (bicyclic) bond motifs is 1. The van der Waals surface area contributed by atoms with Gasteiger partial charge >= 0.3 is 0 Å². The van der Waals surface area contributed by atoms with Crippen molar-refractivity contribution in [2.24, 2.45) is 5.73 Å². The summed E-state index contributed by atoms with van der Waals surface area (Å²) in [5.74, 6) is 0.816. The van der Waals surface area contributed by atoms with Gasteiger partial charge in [0.1, 0.15) is 5.82 Å². The van der Waals surface area contributed by atoms with Gasteiger partial charge in [-0.2, -0.15) is 9.50 Å². The summed E-state index contributed by atoms with van der Waals surface area (Å²) in [6, 6.07) is 13.0. The highest BCUT2D eigenvalue weighted by atomic mass is 16.3. The molecule has 2 heterocycles. The minimum Gasteiger partial charge on any atom is -0.393 e. The lowest BCUT2D eigenvalue weighted by Crippen LogP contribution is -2.29. The zero-order valence-corrected chi connectivity index (χ0v) is 14.8. The number of aromatic nitrogens is 3. The maximum absolute atomic E-state index is 11.3. The lowest BCUT2D eigenvalue weighted by molar-refractivity contribution is 0.1000. The van der Waals surface area contributed by atoms with E-state index in [1.165, 1.54) is 0 Å². The number of rotatable bonds is 5. The van der Waals surface area contributed by atoms with Gasteiger partial charge in [0, 0.05) is 17.3 Å². The van der Waals surface area contributed by atoms with Gasteiger partial charge < -0.3 is 21.5 Å². The summed E-state index contributed by atoms with van der Waals surface area (Å²) in [7, 11) is 0. The first-order chi connectivity index (χ1) is 13.1. The van der Waals surface area contributed by atoms with Crippen molar-refractivity contribution >= 4 is 29.0 Å². The molecule has 1 amide bonds. The summed E-state index contributed by atoms with van der Waals surface area (Å²) in [6.07, 6.45) is 3.30. The molecule has 0 radical (unpaired) electrons. The van der Waals surface area contributed by atoms with Gasteiger partial charge in [-0.25, -0.2) is 0 Å². The number of carbonyl (C=O) groups is 1. The summed E-state index contributed by atoms with van der Waals surface area (Å²) >= 11 is 0. The molecule has 0 saturated heterocycles. The van der Waals surface area contributed by atoms with Gasteiger partial charge in [0.15, 0.2) is 5.65 Å². The number of carbonyl (C=O) groups excluding carboxylic acids is 1. The van der Waals surface area contributed by atoms with Crippen LogP contribution in [0.5, 0.6) is 0 Å². The fraction of sp³-hybridized carbons (Fsp3) is 0.316. The molecule has 8 heteroatoms. The molecule has 0 atom stereocenters. The molecule has 2 aromatic heterocycles. The maximum atomic E-state index is 11.3. The second-order valence-electron chi connectivity index (χ2n) is 6.84. The lowest BCUT2D eigenvalue weighted by atomic mass is 9.93. The fourth-order valence-electron chi connectivity index (χ4n) is 3.38. The van der Waals surface area contributed by atoms with Gasteiger partial charge in [0.2, 0.25) is 11.9 Å². The van der Waals surface area contributed by atoms with E-state index in [9.17, 15) is 9.90 Å². The molecule has 0 bridgehead atoms. The molecule has 27 heavy (non-hydrogen) atoms. The first kappa shape index (κ1) is 17.3. The van der Waals surface area contributed by atoms with Crippen LogP contribution in [0.2, 0.25) is 0 Å². The van der Waals surface area contributed by atoms with Crippen LogP contribution in [0.3, 0.4) is 0 Å². The van der Waals surface area contributed by atoms with Gasteiger partial charge in [-0.3, -0.25) is 4.79 Å². The highest BCUT2D eigenvalue weighted by Gasteiger charge is 2.20. The molecule has 0 unspecified atom stereocenters. The quantitative estimate of drug-likeness (QED) is 0.550. The normalized spacial score (nSPS) is 19.7. The standard InChI is InChI=1S/C19H22N6O2/c20-18(27)12-3-1-4-14(11-12)22-19-23-17-6-2-5-16(25(17)24-19)21-13-7-9-15(26)10-8-13/h1-6,11,13,15,21,26H,7-10H2,(H2,20,27)(H,22,24). The molecule has 1 fully saturated rings. The number of hydrogen-bond acceptors (Lipinski definition) is 6. The van der Waals surface area contributed by atoms with Crippen LogP contribution >= 0.6 is 0 Å². The smallest absolute Gasteiger partial charge is 0.248 e. The van der Waals surface area contributed by atoms with Gasteiger partial charge in [-0.05, 0) is 56.0 Å². The van der Waals surface area contributed by atoms with Crippen molar-refractivity contribution in [2.75, 3.05) is 10.6 Å². The largest absolute Gasteiger partial charge is 0.393 e. The Bertz CT molecular complexity index is 962. The first-order valence-corrected chi connectivity index (χ1v) is 9.06. The predicted molar refractivity (Wildman–Crippen MR) is 103 cm³/mol. The second kappa shape index (κ2) is 7.24. The van der Waals surface area contributed by atoms with Crippen molar-refractivity contribution in [3.05, 3.63) is 48.0 Å². The van der Waals surface area contributed by atoms with Gasteiger partial charge in [0.25, 0.3) is 0 Å². The Hall–Kier alpha value is -3.13. The van der Waals surface area contributed by atoms with Gasteiger partial charge in [0.05, 0.1) is 6.10 Å². The van der Waals surface area contributed by atoms with E-state index in [1.807, 2.05) is 24.3 Å². The molecule has 0 aliphatic heterocycles. The molecule has 8 nitrogen and oxygen atoms in total. The number of nitrogens with one attached hydrogen (secondary N) is 2. The summed E-state index contributed by atoms with van der Waals surface area (Å²) in [5, 5.41) is 20.8. The Morgan fingerprint density at radius 2 is 1.93 bits per heavy atom. The average molecular weight is 366 g/mol. The van der Waals surface area contributed by atoms with Crippen LogP contribution in [-0.2, 0) is 0 Å². The number of primary amides is 1. The van der Waals surface area contributed by atoms with Crippen LogP contribution in [0.1, 0.15) is 36.0 Å². The van der Waals surface area contributed by atoms with Crippen molar-refractivity contribution < 1.29 is 9.90 Å². The predicted octanol–water partition coefficient (Wildman–Crippen LogP) is 2.29. The number of amides is 1. The van der Waals surface area contributed by atoms with E-state index in [4.69, 9.17) is 5.73 Å². The number of nitrogens with two attached hydrogens (primary N) is 1. The van der Waals surface area contributed by atoms with Crippen molar-refractivity contribution in [1.82, 2.24) is 14.6 Å². The maximum Gasteiger partial charge on any atom is 0.248 e. The van der Waals surface area contributed by atoms with E-state index >= 15 is 0 Å². The van der Waals surface area contributed by atoms with Gasteiger partial charge in [-0.15, -0.1) is 5.10 Å². The van der Waals surface area contributed by atoms with Crippen LogP contribution in [-0.4, -0.2) is 37.8 Å². The van der Waals surface area contributed by atoms with E-state index in [0.29, 0.717) is 28.9 Å². The minimum absolute atomic E-state index is 0.183. The highest BCUT2D eigenvalue weighted by Crippen LogP contribution is 2.23. The molecule has 3 aromatic rings. The SMILES string of the molecule is NC(=O)c1cccc(Nc2nc3cccc(NC4CCC(O)CC4)n3n2)c1. The summed E-state index contributed by atoms with van der Waals surface area (Å²) in [4.78, 5) is 15.8. The van der Waals surface area contributed by atoms with Crippen LogP contribution in [0.4, 0.5) is 17.5 Å². The molecule has 140 valence electrons. The number of pyridine rings is 1.